The van der Waals surface area contributed by atoms with E-state index in [9.17, 15) is 4.79 Å². The highest BCUT2D eigenvalue weighted by atomic mass is 16.5. The molecule has 0 unspecified atom stereocenters. The molecule has 4 nitrogen and oxygen atoms in total. The molecule has 1 fully saturated rings. The van der Waals surface area contributed by atoms with Crippen molar-refractivity contribution in [2.24, 2.45) is 5.92 Å². The summed E-state index contributed by atoms with van der Waals surface area (Å²) in [6, 6.07) is 7.98. The number of likely N-dealkylation sites (tertiary alicyclic amines) is 1. The van der Waals surface area contributed by atoms with E-state index in [4.69, 9.17) is 4.74 Å². The minimum Gasteiger partial charge on any atom is -0.493 e. The average Bonchev–Trinajstić information content (AvgIpc) is 2.94. The molecule has 1 atom stereocenters. The first-order chi connectivity index (χ1) is 10.2. The van der Waals surface area contributed by atoms with Crippen molar-refractivity contribution >= 4 is 5.91 Å². The van der Waals surface area contributed by atoms with Gasteiger partial charge in [0.2, 0.25) is 5.91 Å². The summed E-state index contributed by atoms with van der Waals surface area (Å²) in [6.07, 6.45) is 2.48. The number of rotatable bonds is 7. The van der Waals surface area contributed by atoms with Crippen molar-refractivity contribution in [2.45, 2.75) is 26.2 Å². The molecule has 1 aromatic carbocycles. The molecule has 0 aliphatic carbocycles. The second-order valence-corrected chi connectivity index (χ2v) is 5.77. The second-order valence-electron chi connectivity index (χ2n) is 5.77. The Balaban J connectivity index is 1.65. The first kappa shape index (κ1) is 15.8. The van der Waals surface area contributed by atoms with Crippen LogP contribution in [0.15, 0.2) is 24.3 Å². The van der Waals surface area contributed by atoms with E-state index in [0.717, 1.165) is 43.8 Å². The van der Waals surface area contributed by atoms with Crippen LogP contribution in [0.3, 0.4) is 0 Å². The number of nitrogens with zero attached hydrogens (tertiary/aromatic N) is 1. The molecule has 0 radical (unpaired) electrons. The third kappa shape index (κ3) is 4.74. The van der Waals surface area contributed by atoms with Crippen molar-refractivity contribution in [3.8, 4) is 5.75 Å². The van der Waals surface area contributed by atoms with Crippen LogP contribution >= 0.6 is 0 Å². The zero-order chi connectivity index (χ0) is 15.1. The molecule has 21 heavy (non-hydrogen) atoms. The molecule has 0 bridgehead atoms. The summed E-state index contributed by atoms with van der Waals surface area (Å²) in [5.41, 5.74) is 1.14. The highest BCUT2D eigenvalue weighted by Crippen LogP contribution is 2.18. The molecule has 1 amide bonds. The van der Waals surface area contributed by atoms with E-state index in [1.807, 2.05) is 43.1 Å². The van der Waals surface area contributed by atoms with Crippen LogP contribution in [0.4, 0.5) is 0 Å². The summed E-state index contributed by atoms with van der Waals surface area (Å²) >= 11 is 0. The summed E-state index contributed by atoms with van der Waals surface area (Å²) in [4.78, 5) is 14.1. The van der Waals surface area contributed by atoms with Crippen molar-refractivity contribution in [3.05, 3.63) is 29.8 Å². The van der Waals surface area contributed by atoms with Crippen molar-refractivity contribution in [2.75, 3.05) is 33.3 Å². The Morgan fingerprint density at radius 2 is 2.24 bits per heavy atom. The van der Waals surface area contributed by atoms with Crippen molar-refractivity contribution in [1.29, 1.82) is 0 Å². The molecular formula is C17H26N2O2. The zero-order valence-corrected chi connectivity index (χ0v) is 13.1. The van der Waals surface area contributed by atoms with E-state index < -0.39 is 0 Å². The van der Waals surface area contributed by atoms with Crippen LogP contribution in [0.2, 0.25) is 0 Å². The van der Waals surface area contributed by atoms with Gasteiger partial charge in [-0.2, -0.15) is 0 Å². The Morgan fingerprint density at radius 3 is 3.00 bits per heavy atom. The molecule has 1 saturated heterocycles. The quantitative estimate of drug-likeness (QED) is 0.783. The van der Waals surface area contributed by atoms with Crippen LogP contribution in [-0.4, -0.2) is 44.1 Å². The standard InChI is InChI=1S/C17H26N2O2/c1-14-6-3-4-7-16(14)21-11-5-8-17(20)19-10-9-15(13-19)12-18-2/h3-4,6-7,15,18H,5,8-13H2,1-2H3/t15-/m1/s1. The lowest BCUT2D eigenvalue weighted by Crippen LogP contribution is -2.30. The minimum absolute atomic E-state index is 0.266. The number of ether oxygens (including phenoxy) is 1. The molecule has 1 aliphatic rings. The normalized spacial score (nSPS) is 18.0. The van der Waals surface area contributed by atoms with Crippen LogP contribution in [-0.2, 0) is 4.79 Å². The Kier molecular flexibility index (Phi) is 6.05. The molecule has 0 aromatic heterocycles. The lowest BCUT2D eigenvalue weighted by molar-refractivity contribution is -0.130. The van der Waals surface area contributed by atoms with Gasteiger partial charge in [0, 0.05) is 19.5 Å². The number of hydrogen-bond acceptors (Lipinski definition) is 3. The van der Waals surface area contributed by atoms with Gasteiger partial charge in [-0.05, 0) is 50.9 Å². The van der Waals surface area contributed by atoms with Gasteiger partial charge in [-0.1, -0.05) is 18.2 Å². The van der Waals surface area contributed by atoms with Gasteiger partial charge in [-0.3, -0.25) is 4.79 Å². The SMILES string of the molecule is CNC[C@H]1CCN(C(=O)CCCOc2ccccc2C)C1. The Hall–Kier alpha value is -1.55. The van der Waals surface area contributed by atoms with Gasteiger partial charge in [0.05, 0.1) is 6.61 Å². The van der Waals surface area contributed by atoms with Crippen molar-refractivity contribution in [1.82, 2.24) is 10.2 Å². The first-order valence-corrected chi connectivity index (χ1v) is 7.81. The highest BCUT2D eigenvalue weighted by Gasteiger charge is 2.25. The number of nitrogens with one attached hydrogen (secondary N) is 1. The predicted octanol–water partition coefficient (Wildman–Crippen LogP) is 2.22. The summed E-state index contributed by atoms with van der Waals surface area (Å²) in [7, 11) is 1.97. The number of hydrogen-bond donors (Lipinski definition) is 1. The monoisotopic (exact) mass is 290 g/mol. The number of benzene rings is 1. The fourth-order valence-electron chi connectivity index (χ4n) is 2.80. The van der Waals surface area contributed by atoms with E-state index in [1.54, 1.807) is 0 Å². The van der Waals surface area contributed by atoms with Gasteiger partial charge < -0.3 is 15.0 Å². The van der Waals surface area contributed by atoms with E-state index >= 15 is 0 Å². The predicted molar refractivity (Wildman–Crippen MR) is 84.5 cm³/mol. The zero-order valence-electron chi connectivity index (χ0n) is 13.1. The summed E-state index contributed by atoms with van der Waals surface area (Å²) in [6.45, 7) is 5.44. The molecule has 1 aromatic rings. The topological polar surface area (TPSA) is 41.6 Å². The number of amides is 1. The van der Waals surface area contributed by atoms with Crippen LogP contribution in [0.5, 0.6) is 5.75 Å². The number of carbonyl (C=O) groups is 1. The van der Waals surface area contributed by atoms with Crippen molar-refractivity contribution in [3.63, 3.8) is 0 Å². The van der Waals surface area contributed by atoms with Crippen LogP contribution in [0.1, 0.15) is 24.8 Å². The van der Waals surface area contributed by atoms with Gasteiger partial charge in [0.1, 0.15) is 5.75 Å². The maximum atomic E-state index is 12.1. The van der Waals surface area contributed by atoms with E-state index in [1.165, 1.54) is 0 Å². The fraction of sp³-hybridized carbons (Fsp3) is 0.588. The smallest absolute Gasteiger partial charge is 0.222 e. The maximum absolute atomic E-state index is 12.1. The van der Waals surface area contributed by atoms with Gasteiger partial charge in [0.15, 0.2) is 0 Å². The number of aryl methyl sites for hydroxylation is 1. The third-order valence-corrected chi connectivity index (χ3v) is 4.02. The molecule has 4 heteroatoms. The van der Waals surface area contributed by atoms with Gasteiger partial charge in [-0.15, -0.1) is 0 Å². The Labute approximate surface area is 127 Å². The van der Waals surface area contributed by atoms with E-state index in [2.05, 4.69) is 5.32 Å². The van der Waals surface area contributed by atoms with Gasteiger partial charge in [-0.25, -0.2) is 0 Å². The van der Waals surface area contributed by atoms with E-state index in [-0.39, 0.29) is 5.91 Å². The Bertz CT molecular complexity index is 462. The molecule has 1 N–H and O–H groups in total. The molecule has 116 valence electrons. The fourth-order valence-corrected chi connectivity index (χ4v) is 2.80. The molecule has 0 saturated carbocycles. The molecule has 1 heterocycles. The molecular weight excluding hydrogens is 264 g/mol. The highest BCUT2D eigenvalue weighted by molar-refractivity contribution is 5.76. The lowest BCUT2D eigenvalue weighted by Gasteiger charge is -2.16. The lowest BCUT2D eigenvalue weighted by atomic mass is 10.1. The molecule has 1 aliphatic heterocycles. The van der Waals surface area contributed by atoms with E-state index in [0.29, 0.717) is 18.9 Å². The molecule has 0 spiro atoms. The minimum atomic E-state index is 0.266. The third-order valence-electron chi connectivity index (χ3n) is 4.02. The van der Waals surface area contributed by atoms with Gasteiger partial charge >= 0.3 is 0 Å². The second kappa shape index (κ2) is 8.03. The van der Waals surface area contributed by atoms with Crippen molar-refractivity contribution < 1.29 is 9.53 Å². The maximum Gasteiger partial charge on any atom is 0.222 e. The summed E-state index contributed by atoms with van der Waals surface area (Å²) < 4.78 is 5.73. The average molecular weight is 290 g/mol. The van der Waals surface area contributed by atoms with Crippen LogP contribution < -0.4 is 10.1 Å². The largest absolute Gasteiger partial charge is 0.493 e. The number of para-hydroxylation sites is 1. The summed E-state index contributed by atoms with van der Waals surface area (Å²) in [5.74, 6) is 1.80. The van der Waals surface area contributed by atoms with Gasteiger partial charge in [0.25, 0.3) is 0 Å². The van der Waals surface area contributed by atoms with Crippen LogP contribution in [0, 0.1) is 12.8 Å². The summed E-state index contributed by atoms with van der Waals surface area (Å²) in [5, 5.41) is 3.19. The molecule has 2 rings (SSSR count). The number of carbonyl (C=O) groups excluding carboxylic acids is 1. The first-order valence-electron chi connectivity index (χ1n) is 7.81. The van der Waals surface area contributed by atoms with Crippen LogP contribution in [0.25, 0.3) is 0 Å². The Morgan fingerprint density at radius 1 is 1.43 bits per heavy atom.